The molecule has 6 heteroatoms. The number of hydrogen-bond acceptors (Lipinski definition) is 4. The lowest BCUT2D eigenvalue weighted by Gasteiger charge is -2.34. The van der Waals surface area contributed by atoms with E-state index in [4.69, 9.17) is 5.73 Å². The third-order valence-electron chi connectivity index (χ3n) is 3.93. The zero-order valence-electron chi connectivity index (χ0n) is 13.5. The molecule has 1 fully saturated rings. The summed E-state index contributed by atoms with van der Waals surface area (Å²) >= 11 is 0. The molecule has 6 nitrogen and oxygen atoms in total. The molecule has 0 aromatic heterocycles. The number of carbonyl (C=O) groups excluding carboxylic acids is 2. The van der Waals surface area contributed by atoms with E-state index in [1.807, 2.05) is 20.8 Å². The maximum atomic E-state index is 11.9. The van der Waals surface area contributed by atoms with Crippen molar-refractivity contribution in [2.24, 2.45) is 11.7 Å². The van der Waals surface area contributed by atoms with Crippen molar-refractivity contribution in [1.82, 2.24) is 15.5 Å². The Bertz CT molecular complexity index is 339. The maximum Gasteiger partial charge on any atom is 0.321 e. The molecule has 0 aromatic carbocycles. The van der Waals surface area contributed by atoms with Gasteiger partial charge in [-0.25, -0.2) is 4.79 Å². The number of imide groups is 1. The van der Waals surface area contributed by atoms with E-state index in [0.29, 0.717) is 24.5 Å². The molecule has 1 rings (SSSR count). The van der Waals surface area contributed by atoms with Crippen LogP contribution in [0.15, 0.2) is 0 Å². The molecule has 1 aliphatic rings. The summed E-state index contributed by atoms with van der Waals surface area (Å²) in [6.45, 7) is 7.70. The van der Waals surface area contributed by atoms with E-state index < -0.39 is 6.03 Å². The molecule has 0 atom stereocenters. The molecule has 122 valence electrons. The Morgan fingerprint density at radius 3 is 2.38 bits per heavy atom. The molecule has 0 radical (unpaired) electrons. The first-order valence-electron chi connectivity index (χ1n) is 7.99. The molecule has 0 heterocycles. The van der Waals surface area contributed by atoms with Crippen LogP contribution in [0, 0.1) is 5.92 Å². The van der Waals surface area contributed by atoms with Crippen LogP contribution in [0.5, 0.6) is 0 Å². The largest absolute Gasteiger partial charge is 0.338 e. The summed E-state index contributed by atoms with van der Waals surface area (Å²) in [7, 11) is 0. The quantitative estimate of drug-likeness (QED) is 0.684. The third-order valence-corrected chi connectivity index (χ3v) is 3.93. The van der Waals surface area contributed by atoms with Gasteiger partial charge in [-0.15, -0.1) is 0 Å². The topological polar surface area (TPSA) is 87.5 Å². The van der Waals surface area contributed by atoms with E-state index in [1.165, 1.54) is 0 Å². The molecule has 1 aliphatic carbocycles. The molecule has 1 saturated carbocycles. The van der Waals surface area contributed by atoms with Gasteiger partial charge in [-0.05, 0) is 38.1 Å². The second-order valence-electron chi connectivity index (χ2n) is 6.28. The fourth-order valence-electron chi connectivity index (χ4n) is 2.66. The zero-order chi connectivity index (χ0) is 15.8. The first-order valence-corrected chi connectivity index (χ1v) is 7.99. The van der Waals surface area contributed by atoms with Gasteiger partial charge in [0.25, 0.3) is 0 Å². The van der Waals surface area contributed by atoms with E-state index in [-0.39, 0.29) is 12.5 Å². The summed E-state index contributed by atoms with van der Waals surface area (Å²) in [6.07, 6.45) is 4.08. The fraction of sp³-hybridized carbons (Fsp3) is 0.867. The molecule has 0 aromatic rings. The van der Waals surface area contributed by atoms with Gasteiger partial charge in [0, 0.05) is 18.6 Å². The number of hydrogen-bond donors (Lipinski definition) is 3. The SMILES string of the molecule is CCN(CC(=O)NC(=O)NCC(C)C)C1CCC(N)CC1. The van der Waals surface area contributed by atoms with Gasteiger partial charge in [-0.2, -0.15) is 0 Å². The van der Waals surface area contributed by atoms with Crippen molar-refractivity contribution in [3.63, 3.8) is 0 Å². The predicted octanol–water partition coefficient (Wildman–Crippen LogP) is 1.06. The molecule has 3 amide bonds. The average Bonchev–Trinajstić information content (AvgIpc) is 2.43. The van der Waals surface area contributed by atoms with E-state index in [1.54, 1.807) is 0 Å². The normalized spacial score (nSPS) is 22.4. The summed E-state index contributed by atoms with van der Waals surface area (Å²) in [5.74, 6) is 0.123. The van der Waals surface area contributed by atoms with Crippen LogP contribution < -0.4 is 16.4 Å². The molecule has 0 bridgehead atoms. The zero-order valence-corrected chi connectivity index (χ0v) is 13.5. The Labute approximate surface area is 127 Å². The lowest BCUT2D eigenvalue weighted by Crippen LogP contribution is -2.48. The minimum absolute atomic E-state index is 0.243. The highest BCUT2D eigenvalue weighted by Gasteiger charge is 2.25. The maximum absolute atomic E-state index is 11.9. The standard InChI is InChI=1S/C15H30N4O2/c1-4-19(13-7-5-12(16)6-8-13)10-14(20)18-15(21)17-9-11(2)3/h11-13H,4-10,16H2,1-3H3,(H2,17,18,20,21). The van der Waals surface area contributed by atoms with Crippen molar-refractivity contribution in [3.05, 3.63) is 0 Å². The van der Waals surface area contributed by atoms with Crippen LogP contribution in [0.2, 0.25) is 0 Å². The van der Waals surface area contributed by atoms with Crippen molar-refractivity contribution in [2.75, 3.05) is 19.6 Å². The molecular weight excluding hydrogens is 268 g/mol. The average molecular weight is 298 g/mol. The molecule has 4 N–H and O–H groups in total. The van der Waals surface area contributed by atoms with E-state index in [0.717, 1.165) is 32.2 Å². The highest BCUT2D eigenvalue weighted by atomic mass is 16.2. The van der Waals surface area contributed by atoms with Crippen molar-refractivity contribution < 1.29 is 9.59 Å². The van der Waals surface area contributed by atoms with Crippen molar-refractivity contribution in [3.8, 4) is 0 Å². The Morgan fingerprint density at radius 1 is 1.24 bits per heavy atom. The van der Waals surface area contributed by atoms with Crippen LogP contribution in [0.3, 0.4) is 0 Å². The molecule has 0 saturated heterocycles. The number of nitrogens with zero attached hydrogens (tertiary/aromatic N) is 1. The van der Waals surface area contributed by atoms with Gasteiger partial charge in [0.1, 0.15) is 0 Å². The first kappa shape index (κ1) is 17.9. The van der Waals surface area contributed by atoms with Gasteiger partial charge in [-0.1, -0.05) is 20.8 Å². The van der Waals surface area contributed by atoms with Crippen molar-refractivity contribution in [1.29, 1.82) is 0 Å². The lowest BCUT2D eigenvalue weighted by atomic mass is 9.91. The highest BCUT2D eigenvalue weighted by molar-refractivity contribution is 5.95. The molecule has 0 unspecified atom stereocenters. The van der Waals surface area contributed by atoms with Gasteiger partial charge in [0.05, 0.1) is 6.54 Å². The smallest absolute Gasteiger partial charge is 0.321 e. The summed E-state index contributed by atoms with van der Waals surface area (Å²) < 4.78 is 0. The number of nitrogens with two attached hydrogens (primary N) is 1. The minimum atomic E-state index is -0.407. The first-order chi connectivity index (χ1) is 9.92. The number of urea groups is 1. The van der Waals surface area contributed by atoms with Gasteiger partial charge < -0.3 is 11.1 Å². The van der Waals surface area contributed by atoms with Crippen molar-refractivity contribution in [2.45, 2.75) is 58.5 Å². The number of amides is 3. The van der Waals surface area contributed by atoms with Crippen molar-refractivity contribution >= 4 is 11.9 Å². The molecule has 0 spiro atoms. The second-order valence-corrected chi connectivity index (χ2v) is 6.28. The van der Waals surface area contributed by atoms with Crippen LogP contribution in [0.4, 0.5) is 4.79 Å². The fourth-order valence-corrected chi connectivity index (χ4v) is 2.66. The van der Waals surface area contributed by atoms with E-state index in [9.17, 15) is 9.59 Å². The summed E-state index contributed by atoms with van der Waals surface area (Å²) in [5, 5.41) is 5.08. The highest BCUT2D eigenvalue weighted by Crippen LogP contribution is 2.21. The Balaban J connectivity index is 2.35. The Kier molecular flexibility index (Phi) is 7.67. The van der Waals surface area contributed by atoms with Crippen LogP contribution >= 0.6 is 0 Å². The van der Waals surface area contributed by atoms with Crippen LogP contribution in [-0.4, -0.2) is 48.6 Å². The lowest BCUT2D eigenvalue weighted by molar-refractivity contribution is -0.121. The summed E-state index contributed by atoms with van der Waals surface area (Å²) in [6, 6.07) is 0.297. The second kappa shape index (κ2) is 9.00. The minimum Gasteiger partial charge on any atom is -0.338 e. The Hall–Kier alpha value is -1.14. The van der Waals surface area contributed by atoms with E-state index in [2.05, 4.69) is 15.5 Å². The monoisotopic (exact) mass is 298 g/mol. The van der Waals surface area contributed by atoms with Crippen LogP contribution in [0.25, 0.3) is 0 Å². The summed E-state index contributed by atoms with van der Waals surface area (Å²) in [4.78, 5) is 25.6. The predicted molar refractivity (Wildman–Crippen MR) is 83.9 cm³/mol. The van der Waals surface area contributed by atoms with Gasteiger partial charge in [-0.3, -0.25) is 15.0 Å². The summed E-state index contributed by atoms with van der Waals surface area (Å²) in [5.41, 5.74) is 5.91. The molecule has 21 heavy (non-hydrogen) atoms. The number of likely N-dealkylation sites (N-methyl/N-ethyl adjacent to an activating group) is 1. The molecule has 0 aliphatic heterocycles. The third kappa shape index (κ3) is 6.91. The molecular formula is C15H30N4O2. The Morgan fingerprint density at radius 2 is 1.86 bits per heavy atom. The van der Waals surface area contributed by atoms with Gasteiger partial charge in [0.15, 0.2) is 0 Å². The number of carbonyl (C=O) groups is 2. The van der Waals surface area contributed by atoms with Crippen LogP contribution in [0.1, 0.15) is 46.5 Å². The van der Waals surface area contributed by atoms with Gasteiger partial charge in [0.2, 0.25) is 5.91 Å². The van der Waals surface area contributed by atoms with Gasteiger partial charge >= 0.3 is 6.03 Å². The number of nitrogens with one attached hydrogen (secondary N) is 2. The van der Waals surface area contributed by atoms with E-state index >= 15 is 0 Å². The van der Waals surface area contributed by atoms with Crippen LogP contribution in [-0.2, 0) is 4.79 Å². The number of rotatable bonds is 6.